The van der Waals surface area contributed by atoms with Crippen molar-refractivity contribution in [2.24, 2.45) is 5.92 Å². The van der Waals surface area contributed by atoms with E-state index in [1.54, 1.807) is 25.1 Å². The molecule has 1 aromatic carbocycles. The molecule has 0 radical (unpaired) electrons. The SMILES string of the molecule is CC[C@@](O)(CNS(=O)(=O)CCCCN1CCC(=O)NC1=O)c1cccc(OCC(C)C)c1. The first-order valence-corrected chi connectivity index (χ1v) is 12.7. The number of carbonyl (C=O) groups excluding carboxylic acids is 2. The monoisotopic (exact) mass is 469 g/mol. The fraction of sp³-hybridized carbons (Fsp3) is 0.636. The van der Waals surface area contributed by atoms with Gasteiger partial charge in [-0.2, -0.15) is 0 Å². The van der Waals surface area contributed by atoms with Crippen molar-refractivity contribution < 1.29 is 27.9 Å². The van der Waals surface area contributed by atoms with Gasteiger partial charge in [0.1, 0.15) is 11.4 Å². The number of hydrogen-bond acceptors (Lipinski definition) is 6. The molecule has 0 spiro atoms. The molecule has 3 N–H and O–H groups in total. The van der Waals surface area contributed by atoms with E-state index in [-0.39, 0.29) is 24.6 Å². The molecule has 1 aliphatic heterocycles. The molecule has 1 aromatic rings. The molecular formula is C22H35N3O6S. The number of rotatable bonds is 13. The van der Waals surface area contributed by atoms with Crippen molar-refractivity contribution in [3.05, 3.63) is 29.8 Å². The van der Waals surface area contributed by atoms with Crippen LogP contribution in [0.3, 0.4) is 0 Å². The first-order chi connectivity index (χ1) is 15.0. The van der Waals surface area contributed by atoms with Gasteiger partial charge >= 0.3 is 6.03 Å². The summed E-state index contributed by atoms with van der Waals surface area (Å²) in [7, 11) is -3.60. The molecule has 3 amide bonds. The van der Waals surface area contributed by atoms with Gasteiger partial charge in [-0.3, -0.25) is 10.1 Å². The molecule has 2 rings (SSSR count). The highest BCUT2D eigenvalue weighted by Crippen LogP contribution is 2.28. The minimum absolute atomic E-state index is 0.112. The summed E-state index contributed by atoms with van der Waals surface area (Å²) in [4.78, 5) is 24.4. The van der Waals surface area contributed by atoms with Crippen LogP contribution in [0.15, 0.2) is 24.3 Å². The Hall–Kier alpha value is -2.17. The molecule has 1 atom stereocenters. The molecule has 9 nitrogen and oxygen atoms in total. The van der Waals surface area contributed by atoms with E-state index in [2.05, 4.69) is 10.0 Å². The Morgan fingerprint density at radius 3 is 2.69 bits per heavy atom. The zero-order valence-corrected chi connectivity index (χ0v) is 19.9. The lowest BCUT2D eigenvalue weighted by Crippen LogP contribution is -2.49. The first kappa shape index (κ1) is 26.1. The van der Waals surface area contributed by atoms with Crippen LogP contribution in [-0.4, -0.2) is 62.4 Å². The van der Waals surface area contributed by atoms with Gasteiger partial charge in [0, 0.05) is 26.1 Å². The largest absolute Gasteiger partial charge is 0.493 e. The predicted octanol–water partition coefficient (Wildman–Crippen LogP) is 1.96. The Balaban J connectivity index is 1.85. The molecule has 0 aliphatic carbocycles. The molecule has 0 unspecified atom stereocenters. The number of amides is 3. The van der Waals surface area contributed by atoms with Crippen molar-refractivity contribution >= 4 is 22.0 Å². The predicted molar refractivity (Wildman–Crippen MR) is 122 cm³/mol. The number of nitrogens with one attached hydrogen (secondary N) is 2. The zero-order valence-electron chi connectivity index (χ0n) is 19.1. The van der Waals surface area contributed by atoms with Gasteiger partial charge in [-0.15, -0.1) is 0 Å². The normalized spacial score (nSPS) is 16.7. The van der Waals surface area contributed by atoms with Crippen molar-refractivity contribution in [3.8, 4) is 5.75 Å². The maximum atomic E-state index is 12.4. The smallest absolute Gasteiger partial charge is 0.324 e. The molecule has 1 fully saturated rings. The number of hydrogen-bond donors (Lipinski definition) is 3. The van der Waals surface area contributed by atoms with Gasteiger partial charge in [0.05, 0.1) is 12.4 Å². The summed E-state index contributed by atoms with van der Waals surface area (Å²) in [6.45, 7) is 7.03. The summed E-state index contributed by atoms with van der Waals surface area (Å²) < 4.78 is 33.1. The lowest BCUT2D eigenvalue weighted by atomic mass is 9.91. The summed E-state index contributed by atoms with van der Waals surface area (Å²) in [5.41, 5.74) is -0.766. The Morgan fingerprint density at radius 1 is 1.28 bits per heavy atom. The van der Waals surface area contributed by atoms with Crippen molar-refractivity contribution in [2.75, 3.05) is 32.0 Å². The number of nitrogens with zero attached hydrogens (tertiary/aromatic N) is 1. The van der Waals surface area contributed by atoms with Crippen LogP contribution >= 0.6 is 0 Å². The molecule has 32 heavy (non-hydrogen) atoms. The number of carbonyl (C=O) groups is 2. The van der Waals surface area contributed by atoms with Crippen LogP contribution in [0.2, 0.25) is 0 Å². The summed E-state index contributed by atoms with van der Waals surface area (Å²) >= 11 is 0. The van der Waals surface area contributed by atoms with Gasteiger partial charge in [0.25, 0.3) is 0 Å². The second-order valence-corrected chi connectivity index (χ2v) is 10.5. The Bertz CT molecular complexity index is 889. The summed E-state index contributed by atoms with van der Waals surface area (Å²) in [6, 6.07) is 6.66. The molecule has 180 valence electrons. The van der Waals surface area contributed by atoms with E-state index in [0.29, 0.717) is 56.2 Å². The standard InChI is InChI=1S/C22H35N3O6S/c1-4-22(28,18-8-7-9-19(14-18)31-15-17(2)3)16-23-32(29,30)13-6-5-11-25-12-10-20(26)24-21(25)27/h7-9,14,17,23,28H,4-6,10-13,15-16H2,1-3H3,(H,24,26,27)/t22-/m1/s1. The van der Waals surface area contributed by atoms with Crippen LogP contribution < -0.4 is 14.8 Å². The minimum atomic E-state index is -3.60. The number of benzene rings is 1. The highest BCUT2D eigenvalue weighted by atomic mass is 32.2. The Kier molecular flexibility index (Phi) is 9.47. The molecule has 0 saturated carbocycles. The van der Waals surface area contributed by atoms with Gasteiger partial charge in [0.2, 0.25) is 15.9 Å². The van der Waals surface area contributed by atoms with Crippen LogP contribution in [0, 0.1) is 5.92 Å². The Morgan fingerprint density at radius 2 is 2.03 bits per heavy atom. The first-order valence-electron chi connectivity index (χ1n) is 11.1. The van der Waals surface area contributed by atoms with E-state index in [0.717, 1.165) is 0 Å². The maximum absolute atomic E-state index is 12.4. The Labute approximate surface area is 190 Å². The highest BCUT2D eigenvalue weighted by molar-refractivity contribution is 7.89. The molecule has 1 heterocycles. The highest BCUT2D eigenvalue weighted by Gasteiger charge is 2.29. The van der Waals surface area contributed by atoms with Crippen LogP contribution in [0.1, 0.15) is 52.0 Å². The average Bonchev–Trinajstić information content (AvgIpc) is 2.75. The summed E-state index contributed by atoms with van der Waals surface area (Å²) in [5.74, 6) is 0.591. The topological polar surface area (TPSA) is 125 Å². The second-order valence-electron chi connectivity index (χ2n) is 8.56. The third-order valence-corrected chi connectivity index (χ3v) is 6.77. The third kappa shape index (κ3) is 8.07. The van der Waals surface area contributed by atoms with Crippen LogP contribution in [-0.2, 0) is 20.4 Å². The molecule has 1 aliphatic rings. The van der Waals surface area contributed by atoms with Gasteiger partial charge in [0.15, 0.2) is 0 Å². The lowest BCUT2D eigenvalue weighted by molar-refractivity contribution is -0.121. The average molecular weight is 470 g/mol. The van der Waals surface area contributed by atoms with Gasteiger partial charge in [-0.25, -0.2) is 17.9 Å². The van der Waals surface area contributed by atoms with Crippen molar-refractivity contribution in [1.29, 1.82) is 0 Å². The van der Waals surface area contributed by atoms with Gasteiger partial charge in [-0.1, -0.05) is 32.9 Å². The number of unbranched alkanes of at least 4 members (excludes halogenated alkanes) is 1. The third-order valence-electron chi connectivity index (χ3n) is 5.36. The molecule has 0 bridgehead atoms. The van der Waals surface area contributed by atoms with Crippen molar-refractivity contribution in [3.63, 3.8) is 0 Å². The van der Waals surface area contributed by atoms with E-state index in [4.69, 9.17) is 4.74 Å². The number of imide groups is 1. The number of urea groups is 1. The molecule has 10 heteroatoms. The van der Waals surface area contributed by atoms with E-state index in [1.807, 2.05) is 19.9 Å². The number of ether oxygens (including phenoxy) is 1. The van der Waals surface area contributed by atoms with Gasteiger partial charge in [-0.05, 0) is 42.9 Å². The number of aliphatic hydroxyl groups is 1. The number of sulfonamides is 1. The summed E-state index contributed by atoms with van der Waals surface area (Å²) in [5, 5.41) is 13.3. The van der Waals surface area contributed by atoms with E-state index in [1.165, 1.54) is 4.90 Å². The van der Waals surface area contributed by atoms with E-state index < -0.39 is 21.7 Å². The second kappa shape index (κ2) is 11.6. The molecule has 0 aromatic heterocycles. The van der Waals surface area contributed by atoms with E-state index in [9.17, 15) is 23.1 Å². The van der Waals surface area contributed by atoms with Crippen molar-refractivity contribution in [1.82, 2.24) is 14.9 Å². The van der Waals surface area contributed by atoms with Crippen LogP contribution in [0.25, 0.3) is 0 Å². The van der Waals surface area contributed by atoms with Gasteiger partial charge < -0.3 is 14.7 Å². The summed E-state index contributed by atoms with van der Waals surface area (Å²) in [6.07, 6.45) is 1.43. The minimum Gasteiger partial charge on any atom is -0.493 e. The quantitative estimate of drug-likeness (QED) is 0.379. The van der Waals surface area contributed by atoms with Crippen LogP contribution in [0.5, 0.6) is 5.75 Å². The molecule has 1 saturated heterocycles. The van der Waals surface area contributed by atoms with Crippen molar-refractivity contribution in [2.45, 2.75) is 52.1 Å². The maximum Gasteiger partial charge on any atom is 0.324 e. The fourth-order valence-electron chi connectivity index (χ4n) is 3.28. The zero-order chi connectivity index (χ0) is 23.8. The van der Waals surface area contributed by atoms with E-state index >= 15 is 0 Å². The lowest BCUT2D eigenvalue weighted by Gasteiger charge is -2.28. The molecular weight excluding hydrogens is 434 g/mol. The van der Waals surface area contributed by atoms with Crippen LogP contribution in [0.4, 0.5) is 4.79 Å². The fourth-order valence-corrected chi connectivity index (χ4v) is 4.47.